The number of rotatable bonds is 3. The van der Waals surface area contributed by atoms with E-state index in [9.17, 15) is 4.79 Å². The predicted octanol–water partition coefficient (Wildman–Crippen LogP) is 3.68. The van der Waals surface area contributed by atoms with Crippen LogP contribution >= 0.6 is 11.3 Å². The molecule has 2 rings (SSSR count). The standard InChI is InChI=1S/C15H18N2OS/c1-10-9-14(19-11(10)2)15(18)16-12-5-7-13(8-6-12)17(3)4/h5-9H,1-4H3,(H,16,18). The summed E-state index contributed by atoms with van der Waals surface area (Å²) < 4.78 is 0. The zero-order valence-electron chi connectivity index (χ0n) is 11.7. The minimum absolute atomic E-state index is 0.0428. The van der Waals surface area contributed by atoms with Crippen LogP contribution in [0.25, 0.3) is 0 Å². The van der Waals surface area contributed by atoms with Crippen LogP contribution in [0.2, 0.25) is 0 Å². The number of aryl methyl sites for hydroxylation is 2. The number of nitrogens with one attached hydrogen (secondary N) is 1. The van der Waals surface area contributed by atoms with E-state index < -0.39 is 0 Å². The van der Waals surface area contributed by atoms with Crippen molar-refractivity contribution in [2.45, 2.75) is 13.8 Å². The second kappa shape index (κ2) is 5.45. The molecule has 1 aromatic carbocycles. The maximum Gasteiger partial charge on any atom is 0.265 e. The van der Waals surface area contributed by atoms with Crippen LogP contribution in [-0.2, 0) is 0 Å². The molecule has 1 heterocycles. The van der Waals surface area contributed by atoms with Crippen molar-refractivity contribution in [1.82, 2.24) is 0 Å². The Bertz CT molecular complexity index is 565. The third-order valence-corrected chi connectivity index (χ3v) is 4.18. The monoisotopic (exact) mass is 274 g/mol. The molecule has 0 saturated carbocycles. The fourth-order valence-electron chi connectivity index (χ4n) is 1.72. The van der Waals surface area contributed by atoms with Crippen LogP contribution in [0.1, 0.15) is 20.1 Å². The van der Waals surface area contributed by atoms with Crippen molar-refractivity contribution >= 4 is 28.6 Å². The summed E-state index contributed by atoms with van der Waals surface area (Å²) in [5, 5.41) is 2.92. The van der Waals surface area contributed by atoms with Crippen molar-refractivity contribution in [3.05, 3.63) is 45.6 Å². The molecule has 0 radical (unpaired) electrons. The molecule has 1 amide bonds. The Morgan fingerprint density at radius 3 is 2.26 bits per heavy atom. The smallest absolute Gasteiger partial charge is 0.265 e. The van der Waals surface area contributed by atoms with Gasteiger partial charge >= 0.3 is 0 Å². The third kappa shape index (κ3) is 3.15. The van der Waals surface area contributed by atoms with Gasteiger partial charge < -0.3 is 10.2 Å². The van der Waals surface area contributed by atoms with Gasteiger partial charge in [0, 0.05) is 30.3 Å². The number of carbonyl (C=O) groups is 1. The topological polar surface area (TPSA) is 32.3 Å². The number of hydrogen-bond donors (Lipinski definition) is 1. The minimum atomic E-state index is -0.0428. The maximum absolute atomic E-state index is 12.1. The molecule has 100 valence electrons. The van der Waals surface area contributed by atoms with E-state index in [0.717, 1.165) is 21.8 Å². The SMILES string of the molecule is Cc1cc(C(=O)Nc2ccc(N(C)C)cc2)sc1C. The predicted molar refractivity (Wildman–Crippen MR) is 82.5 cm³/mol. The van der Waals surface area contributed by atoms with Crippen molar-refractivity contribution in [2.24, 2.45) is 0 Å². The van der Waals surface area contributed by atoms with Gasteiger partial charge in [0.05, 0.1) is 4.88 Å². The molecule has 0 fully saturated rings. The van der Waals surface area contributed by atoms with Gasteiger partial charge in [0.2, 0.25) is 0 Å². The number of benzene rings is 1. The lowest BCUT2D eigenvalue weighted by Crippen LogP contribution is -2.11. The van der Waals surface area contributed by atoms with E-state index in [2.05, 4.69) is 5.32 Å². The summed E-state index contributed by atoms with van der Waals surface area (Å²) in [5.74, 6) is -0.0428. The number of amides is 1. The van der Waals surface area contributed by atoms with E-state index in [1.807, 2.05) is 63.2 Å². The van der Waals surface area contributed by atoms with Gasteiger partial charge in [-0.3, -0.25) is 4.79 Å². The molecule has 0 bridgehead atoms. The molecule has 0 aliphatic rings. The maximum atomic E-state index is 12.1. The molecule has 0 aliphatic carbocycles. The van der Waals surface area contributed by atoms with E-state index in [1.54, 1.807) is 0 Å². The first kappa shape index (κ1) is 13.6. The first-order chi connectivity index (χ1) is 8.97. The average Bonchev–Trinajstić information content (AvgIpc) is 2.70. The number of nitrogens with zero attached hydrogens (tertiary/aromatic N) is 1. The summed E-state index contributed by atoms with van der Waals surface area (Å²) in [5.41, 5.74) is 3.10. The van der Waals surface area contributed by atoms with Gasteiger partial charge in [-0.25, -0.2) is 0 Å². The fraction of sp³-hybridized carbons (Fsp3) is 0.267. The van der Waals surface area contributed by atoms with Crippen molar-refractivity contribution in [3.8, 4) is 0 Å². The Balaban J connectivity index is 2.10. The molecule has 19 heavy (non-hydrogen) atoms. The summed E-state index contributed by atoms with van der Waals surface area (Å²) in [7, 11) is 3.98. The van der Waals surface area contributed by atoms with Crippen LogP contribution in [0.15, 0.2) is 30.3 Å². The van der Waals surface area contributed by atoms with E-state index in [1.165, 1.54) is 16.2 Å². The normalized spacial score (nSPS) is 10.3. The van der Waals surface area contributed by atoms with Gasteiger partial charge in [-0.1, -0.05) is 0 Å². The van der Waals surface area contributed by atoms with Gasteiger partial charge in [0.15, 0.2) is 0 Å². The molecule has 2 aromatic rings. The first-order valence-electron chi connectivity index (χ1n) is 6.13. The van der Waals surface area contributed by atoms with Crippen molar-refractivity contribution in [2.75, 3.05) is 24.3 Å². The fourth-order valence-corrected chi connectivity index (χ4v) is 2.65. The molecule has 0 aliphatic heterocycles. The average molecular weight is 274 g/mol. The summed E-state index contributed by atoms with van der Waals surface area (Å²) in [6.45, 7) is 4.05. The van der Waals surface area contributed by atoms with Crippen LogP contribution in [0.3, 0.4) is 0 Å². The largest absolute Gasteiger partial charge is 0.378 e. The van der Waals surface area contributed by atoms with Gasteiger partial charge in [-0.2, -0.15) is 0 Å². The summed E-state index contributed by atoms with van der Waals surface area (Å²) in [6, 6.07) is 9.74. The third-order valence-electron chi connectivity index (χ3n) is 3.03. The second-order valence-corrected chi connectivity index (χ2v) is 6.00. The van der Waals surface area contributed by atoms with E-state index in [4.69, 9.17) is 0 Å². The van der Waals surface area contributed by atoms with Crippen LogP contribution in [0.4, 0.5) is 11.4 Å². The van der Waals surface area contributed by atoms with Crippen molar-refractivity contribution in [1.29, 1.82) is 0 Å². The Morgan fingerprint density at radius 2 is 1.79 bits per heavy atom. The highest BCUT2D eigenvalue weighted by atomic mass is 32.1. The lowest BCUT2D eigenvalue weighted by atomic mass is 10.2. The molecule has 1 aromatic heterocycles. The highest BCUT2D eigenvalue weighted by Crippen LogP contribution is 2.22. The molecule has 0 unspecified atom stereocenters. The second-order valence-electron chi connectivity index (χ2n) is 4.75. The zero-order chi connectivity index (χ0) is 14.0. The molecular formula is C15H18N2OS. The lowest BCUT2D eigenvalue weighted by molar-refractivity contribution is 0.103. The molecule has 1 N–H and O–H groups in total. The Hall–Kier alpha value is -1.81. The van der Waals surface area contributed by atoms with Crippen molar-refractivity contribution < 1.29 is 4.79 Å². The Labute approximate surface area is 117 Å². The van der Waals surface area contributed by atoms with Gasteiger partial charge in [0.25, 0.3) is 5.91 Å². The molecule has 4 heteroatoms. The van der Waals surface area contributed by atoms with Crippen molar-refractivity contribution in [3.63, 3.8) is 0 Å². The van der Waals surface area contributed by atoms with E-state index >= 15 is 0 Å². The molecule has 0 atom stereocenters. The number of thiophene rings is 1. The summed E-state index contributed by atoms with van der Waals surface area (Å²) in [6.07, 6.45) is 0. The van der Waals surface area contributed by atoms with E-state index in [-0.39, 0.29) is 5.91 Å². The van der Waals surface area contributed by atoms with E-state index in [0.29, 0.717) is 0 Å². The van der Waals surface area contributed by atoms with Gasteiger partial charge in [-0.05, 0) is 49.7 Å². The molecule has 0 saturated heterocycles. The molecular weight excluding hydrogens is 256 g/mol. The number of carbonyl (C=O) groups excluding carboxylic acids is 1. The van der Waals surface area contributed by atoms with Gasteiger partial charge in [0.1, 0.15) is 0 Å². The molecule has 3 nitrogen and oxygen atoms in total. The highest BCUT2D eigenvalue weighted by molar-refractivity contribution is 7.14. The Morgan fingerprint density at radius 1 is 1.16 bits per heavy atom. The lowest BCUT2D eigenvalue weighted by Gasteiger charge is -2.12. The van der Waals surface area contributed by atoms with Crippen LogP contribution in [0.5, 0.6) is 0 Å². The summed E-state index contributed by atoms with van der Waals surface area (Å²) in [4.78, 5) is 16.1. The van der Waals surface area contributed by atoms with Crippen LogP contribution in [-0.4, -0.2) is 20.0 Å². The first-order valence-corrected chi connectivity index (χ1v) is 6.95. The van der Waals surface area contributed by atoms with Crippen LogP contribution < -0.4 is 10.2 Å². The quantitative estimate of drug-likeness (QED) is 0.926. The van der Waals surface area contributed by atoms with Crippen LogP contribution in [0, 0.1) is 13.8 Å². The summed E-state index contributed by atoms with van der Waals surface area (Å²) >= 11 is 1.53. The van der Waals surface area contributed by atoms with Gasteiger partial charge in [-0.15, -0.1) is 11.3 Å². The number of hydrogen-bond acceptors (Lipinski definition) is 3. The molecule has 0 spiro atoms. The Kier molecular flexibility index (Phi) is 3.90. The minimum Gasteiger partial charge on any atom is -0.378 e. The number of anilines is 2. The highest BCUT2D eigenvalue weighted by Gasteiger charge is 2.10. The zero-order valence-corrected chi connectivity index (χ0v) is 12.5.